The largest absolute Gasteiger partial charge is 0.465 e. The summed E-state index contributed by atoms with van der Waals surface area (Å²) in [5.41, 5.74) is 0.0255. The van der Waals surface area contributed by atoms with Gasteiger partial charge in [0.25, 0.3) is 0 Å². The molecule has 3 nitrogen and oxygen atoms in total. The third-order valence-corrected chi connectivity index (χ3v) is 3.34. The van der Waals surface area contributed by atoms with E-state index in [0.29, 0.717) is 5.56 Å². The Kier molecular flexibility index (Phi) is 11.2. The van der Waals surface area contributed by atoms with Gasteiger partial charge in [0, 0.05) is 5.38 Å². The highest BCUT2D eigenvalue weighted by Gasteiger charge is 2.29. The van der Waals surface area contributed by atoms with Gasteiger partial charge in [-0.2, -0.15) is 24.5 Å². The zero-order chi connectivity index (χ0) is 17.7. The number of esters is 1. The Bertz CT molecular complexity index is 529. The van der Waals surface area contributed by atoms with Crippen molar-refractivity contribution >= 4 is 29.3 Å². The van der Waals surface area contributed by atoms with Gasteiger partial charge in [-0.25, -0.2) is 4.79 Å². The molecule has 0 amide bonds. The first-order valence-corrected chi connectivity index (χ1v) is 8.46. The van der Waals surface area contributed by atoms with Crippen molar-refractivity contribution in [3.05, 3.63) is 58.3 Å². The summed E-state index contributed by atoms with van der Waals surface area (Å²) >= 11 is 3.09. The number of rotatable bonds is 2. The van der Waals surface area contributed by atoms with E-state index in [-0.39, 0.29) is 5.97 Å². The lowest BCUT2D eigenvalue weighted by atomic mass is 10.2. The molecule has 0 bridgehead atoms. The number of nitrogens with one attached hydrogen (secondary N) is 1. The lowest BCUT2D eigenvalue weighted by Crippen LogP contribution is -2.03. The fraction of sp³-hybridized carbons (Fsp3) is 0.267. The average Bonchev–Trinajstić information content (AvgIpc) is 3.09. The predicted octanol–water partition coefficient (Wildman–Crippen LogP) is 4.72. The van der Waals surface area contributed by atoms with E-state index in [4.69, 9.17) is 0 Å². The third-order valence-electron chi connectivity index (χ3n) is 2.25. The molecule has 0 atom stereocenters. The second kappa shape index (κ2) is 12.0. The van der Waals surface area contributed by atoms with E-state index in [2.05, 4.69) is 9.46 Å². The molecule has 0 saturated heterocycles. The normalized spacial score (nSPS) is 9.83. The van der Waals surface area contributed by atoms with Gasteiger partial charge in [-0.1, -0.05) is 42.3 Å². The van der Waals surface area contributed by atoms with Gasteiger partial charge in [-0.05, 0) is 24.7 Å². The van der Waals surface area contributed by atoms with Crippen LogP contribution in [0.3, 0.4) is 0 Å². The zero-order valence-electron chi connectivity index (χ0n) is 12.9. The van der Waals surface area contributed by atoms with Crippen molar-refractivity contribution in [3.8, 4) is 0 Å². The minimum absolute atomic E-state index is 0.267. The number of carbonyl (C=O) groups excluding carboxylic acids is 1. The van der Waals surface area contributed by atoms with E-state index in [1.165, 1.54) is 30.6 Å². The average molecular weight is 365 g/mol. The second-order valence-corrected chi connectivity index (χ2v) is 5.37. The van der Waals surface area contributed by atoms with E-state index in [9.17, 15) is 18.0 Å². The fourth-order valence-corrected chi connectivity index (χ4v) is 1.75. The molecule has 8 heteroatoms. The van der Waals surface area contributed by atoms with Crippen LogP contribution in [0.1, 0.15) is 15.9 Å². The predicted molar refractivity (Wildman–Crippen MR) is 89.7 cm³/mol. The number of hydrogen-bond acceptors (Lipinski definition) is 5. The Balaban J connectivity index is 0.000000345. The maximum Gasteiger partial charge on any atom is 0.416 e. The molecule has 0 aliphatic heterocycles. The molecule has 1 heterocycles. The van der Waals surface area contributed by atoms with Crippen LogP contribution in [0.15, 0.2) is 47.2 Å². The molecule has 0 radical (unpaired) electrons. The molecule has 2 aromatic rings. The second-order valence-electron chi connectivity index (χ2n) is 3.78. The van der Waals surface area contributed by atoms with Crippen LogP contribution in [-0.2, 0) is 10.9 Å². The summed E-state index contributed by atoms with van der Waals surface area (Å²) in [5, 5.41) is 3.60. The number of methoxy groups -OCH3 is 1. The maximum atomic E-state index is 11.8. The van der Waals surface area contributed by atoms with Gasteiger partial charge >= 0.3 is 12.1 Å². The Hall–Kier alpha value is -1.51. The molecule has 1 aromatic heterocycles. The maximum absolute atomic E-state index is 11.8. The van der Waals surface area contributed by atoms with Gasteiger partial charge in [0.05, 0.1) is 18.2 Å². The standard InChI is InChI=1S/C7H5F3.C6H6O2S.C2H7NS/c8-7(9,10)6-4-2-1-3-5-6;1-8-6(7)5-2-3-9-4-5;1-3-4-2/h1-5H;2-4H,1H3;3H,1-2H3. The molecule has 0 fully saturated rings. The monoisotopic (exact) mass is 365 g/mol. The lowest BCUT2D eigenvalue weighted by Gasteiger charge is -2.03. The molecule has 0 unspecified atom stereocenters. The Labute approximate surface area is 142 Å². The Morgan fingerprint density at radius 1 is 1.22 bits per heavy atom. The molecule has 0 aliphatic carbocycles. The van der Waals surface area contributed by atoms with Gasteiger partial charge in [0.15, 0.2) is 0 Å². The van der Waals surface area contributed by atoms with Crippen molar-refractivity contribution in [1.82, 2.24) is 4.72 Å². The van der Waals surface area contributed by atoms with E-state index in [1.54, 1.807) is 29.5 Å². The summed E-state index contributed by atoms with van der Waals surface area (Å²) in [6, 6.07) is 8.09. The molecule has 0 saturated carbocycles. The van der Waals surface area contributed by atoms with Crippen molar-refractivity contribution in [1.29, 1.82) is 0 Å². The highest BCUT2D eigenvalue weighted by molar-refractivity contribution is 7.96. The number of benzene rings is 1. The highest BCUT2D eigenvalue weighted by Crippen LogP contribution is 2.28. The fourth-order valence-electron chi connectivity index (χ4n) is 1.13. The Morgan fingerprint density at radius 3 is 2.09 bits per heavy atom. The van der Waals surface area contributed by atoms with Gasteiger partial charge in [-0.3, -0.25) is 4.72 Å². The molecule has 128 valence electrons. The lowest BCUT2D eigenvalue weighted by molar-refractivity contribution is -0.137. The summed E-state index contributed by atoms with van der Waals surface area (Å²) < 4.78 is 42.7. The molecular weight excluding hydrogens is 347 g/mol. The number of alkyl halides is 3. The highest BCUT2D eigenvalue weighted by atomic mass is 32.2. The van der Waals surface area contributed by atoms with Gasteiger partial charge < -0.3 is 4.74 Å². The van der Waals surface area contributed by atoms with E-state index in [1.807, 2.05) is 18.7 Å². The van der Waals surface area contributed by atoms with Crippen molar-refractivity contribution < 1.29 is 22.7 Å². The van der Waals surface area contributed by atoms with Crippen LogP contribution in [-0.4, -0.2) is 26.4 Å². The minimum Gasteiger partial charge on any atom is -0.465 e. The summed E-state index contributed by atoms with van der Waals surface area (Å²) in [7, 11) is 3.27. The smallest absolute Gasteiger partial charge is 0.416 e. The van der Waals surface area contributed by atoms with Crippen LogP contribution < -0.4 is 4.72 Å². The van der Waals surface area contributed by atoms with Crippen molar-refractivity contribution in [2.75, 3.05) is 20.4 Å². The van der Waals surface area contributed by atoms with Crippen LogP contribution in [0.25, 0.3) is 0 Å². The number of hydrogen-bond donors (Lipinski definition) is 1. The number of thiophene rings is 1. The van der Waals surface area contributed by atoms with Crippen molar-refractivity contribution in [2.24, 2.45) is 0 Å². The summed E-state index contributed by atoms with van der Waals surface area (Å²) in [4.78, 5) is 10.7. The third kappa shape index (κ3) is 9.98. The quantitative estimate of drug-likeness (QED) is 0.617. The van der Waals surface area contributed by atoms with E-state index >= 15 is 0 Å². The van der Waals surface area contributed by atoms with Gasteiger partial charge in [0.2, 0.25) is 0 Å². The molecule has 0 spiro atoms. The minimum atomic E-state index is -4.21. The van der Waals surface area contributed by atoms with Crippen LogP contribution in [0, 0.1) is 0 Å². The van der Waals surface area contributed by atoms with Gasteiger partial charge in [0.1, 0.15) is 0 Å². The Morgan fingerprint density at radius 2 is 1.78 bits per heavy atom. The molecule has 1 aromatic carbocycles. The van der Waals surface area contributed by atoms with Crippen molar-refractivity contribution in [3.63, 3.8) is 0 Å². The molecule has 0 aliphatic rings. The first-order chi connectivity index (χ1) is 10.9. The summed E-state index contributed by atoms with van der Waals surface area (Å²) in [6.45, 7) is 0. The van der Waals surface area contributed by atoms with Crippen LogP contribution in [0.4, 0.5) is 13.2 Å². The van der Waals surface area contributed by atoms with Crippen molar-refractivity contribution in [2.45, 2.75) is 6.18 Å². The summed E-state index contributed by atoms with van der Waals surface area (Å²) in [5.74, 6) is -0.267. The zero-order valence-corrected chi connectivity index (χ0v) is 14.5. The first-order valence-electron chi connectivity index (χ1n) is 6.29. The molecule has 2 rings (SSSR count). The van der Waals surface area contributed by atoms with E-state index in [0.717, 1.165) is 12.1 Å². The molecular formula is C15H18F3NO2S2. The molecule has 23 heavy (non-hydrogen) atoms. The van der Waals surface area contributed by atoms with Crippen LogP contribution in [0.2, 0.25) is 0 Å². The van der Waals surface area contributed by atoms with Crippen LogP contribution >= 0.6 is 23.3 Å². The van der Waals surface area contributed by atoms with Gasteiger partial charge in [-0.15, -0.1) is 0 Å². The number of ether oxygens (including phenoxy) is 1. The topological polar surface area (TPSA) is 38.3 Å². The summed E-state index contributed by atoms with van der Waals surface area (Å²) in [6.07, 6.45) is -2.22. The number of halogens is 3. The SMILES string of the molecule is CNSC.COC(=O)c1ccsc1.FC(F)(F)c1ccccc1. The van der Waals surface area contributed by atoms with Crippen LogP contribution in [0.5, 0.6) is 0 Å². The number of carbonyl (C=O) groups is 1. The molecule has 1 N–H and O–H groups in total. The van der Waals surface area contributed by atoms with E-state index < -0.39 is 11.7 Å². The first kappa shape index (κ1) is 21.5.